The molecule has 1 fully saturated rings. The van der Waals surface area contributed by atoms with Crippen molar-refractivity contribution in [2.45, 2.75) is 76.8 Å². The number of hydrogen-bond donors (Lipinski definition) is 1. The largest absolute Gasteiger partial charge is 0.410 e. The Labute approximate surface area is 153 Å². The van der Waals surface area contributed by atoms with Crippen molar-refractivity contribution < 1.29 is 27.9 Å². The van der Waals surface area contributed by atoms with Crippen LogP contribution in [0.5, 0.6) is 0 Å². The normalized spacial score (nSPS) is 31.0. The van der Waals surface area contributed by atoms with Gasteiger partial charge in [0.25, 0.3) is 0 Å². The standard InChI is InChI=1S/C16H35NO6Si2/c1-11(18)17-13-15(23-25(7,8)9)14(22-24(4,5)6)12(10-19-2)21-16(13)20-3/h12-16H,10H2,1-9H3,(H,17,18)/t12-,13-,14+,15-,16+/m1/s1. The van der Waals surface area contributed by atoms with Crippen molar-refractivity contribution >= 4 is 22.5 Å². The fourth-order valence-electron chi connectivity index (χ4n) is 2.89. The Hall–Kier alpha value is -0.296. The van der Waals surface area contributed by atoms with Crippen molar-refractivity contribution in [3.63, 3.8) is 0 Å². The van der Waals surface area contributed by atoms with Crippen LogP contribution in [0.25, 0.3) is 0 Å². The maximum absolute atomic E-state index is 11.8. The summed E-state index contributed by atoms with van der Waals surface area (Å²) in [5.74, 6) is -0.156. The first-order valence-electron chi connectivity index (χ1n) is 8.68. The quantitative estimate of drug-likeness (QED) is 0.635. The van der Waals surface area contributed by atoms with E-state index < -0.39 is 29.0 Å². The zero-order valence-electron chi connectivity index (χ0n) is 17.0. The molecule has 7 nitrogen and oxygen atoms in total. The van der Waals surface area contributed by atoms with Crippen LogP contribution in [0.2, 0.25) is 39.3 Å². The summed E-state index contributed by atoms with van der Waals surface area (Å²) < 4.78 is 29.8. The van der Waals surface area contributed by atoms with Gasteiger partial charge in [0.2, 0.25) is 5.91 Å². The maximum Gasteiger partial charge on any atom is 0.217 e. The van der Waals surface area contributed by atoms with Crippen molar-refractivity contribution in [2.75, 3.05) is 20.8 Å². The average molecular weight is 394 g/mol. The van der Waals surface area contributed by atoms with Crippen LogP contribution in [-0.4, -0.2) is 74.0 Å². The van der Waals surface area contributed by atoms with E-state index in [4.69, 9.17) is 23.1 Å². The van der Waals surface area contributed by atoms with Gasteiger partial charge in [0, 0.05) is 21.1 Å². The van der Waals surface area contributed by atoms with Gasteiger partial charge in [-0.25, -0.2) is 0 Å². The SMILES string of the molecule is COC[C@H]1O[C@H](OC)[C@H](NC(C)=O)[C@@H](O[Si](C)(C)C)[C@H]1O[Si](C)(C)C. The van der Waals surface area contributed by atoms with Crippen LogP contribution in [0.15, 0.2) is 0 Å². The average Bonchev–Trinajstić information content (AvgIpc) is 2.42. The molecule has 148 valence electrons. The summed E-state index contributed by atoms with van der Waals surface area (Å²) in [5.41, 5.74) is 0. The lowest BCUT2D eigenvalue weighted by Gasteiger charge is -2.49. The van der Waals surface area contributed by atoms with Crippen molar-refractivity contribution in [1.29, 1.82) is 0 Å². The third kappa shape index (κ3) is 7.45. The molecule has 25 heavy (non-hydrogen) atoms. The molecule has 1 saturated heterocycles. The Kier molecular flexibility index (Phi) is 8.25. The van der Waals surface area contributed by atoms with Crippen molar-refractivity contribution in [3.05, 3.63) is 0 Å². The molecule has 5 atom stereocenters. The molecular weight excluding hydrogens is 358 g/mol. The summed E-state index contributed by atoms with van der Waals surface area (Å²) in [4.78, 5) is 11.8. The Balaban J connectivity index is 3.26. The van der Waals surface area contributed by atoms with Gasteiger partial charge in [-0.2, -0.15) is 0 Å². The highest BCUT2D eigenvalue weighted by Crippen LogP contribution is 2.30. The molecule has 0 aliphatic carbocycles. The molecule has 0 bridgehead atoms. The van der Waals surface area contributed by atoms with Crippen LogP contribution in [0, 0.1) is 0 Å². The number of carbonyl (C=O) groups excluding carboxylic acids is 1. The second-order valence-corrected chi connectivity index (χ2v) is 17.3. The van der Waals surface area contributed by atoms with E-state index in [-0.39, 0.29) is 24.2 Å². The lowest BCUT2D eigenvalue weighted by atomic mass is 9.97. The molecular formula is C16H35NO6Si2. The molecule has 1 N–H and O–H groups in total. The van der Waals surface area contributed by atoms with Gasteiger partial charge in [-0.05, 0) is 39.3 Å². The molecule has 0 radical (unpaired) electrons. The third-order valence-electron chi connectivity index (χ3n) is 3.56. The summed E-state index contributed by atoms with van der Waals surface area (Å²) in [7, 11) is -0.611. The van der Waals surface area contributed by atoms with E-state index in [0.717, 1.165) is 0 Å². The summed E-state index contributed by atoms with van der Waals surface area (Å²) >= 11 is 0. The first-order chi connectivity index (χ1) is 11.4. The molecule has 1 aliphatic heterocycles. The highest BCUT2D eigenvalue weighted by Gasteiger charge is 2.50. The number of amides is 1. The second kappa shape index (κ2) is 9.07. The molecule has 1 aliphatic rings. The minimum Gasteiger partial charge on any atom is -0.410 e. The summed E-state index contributed by atoms with van der Waals surface area (Å²) in [6.45, 7) is 14.6. The zero-order valence-corrected chi connectivity index (χ0v) is 19.0. The molecule has 9 heteroatoms. The van der Waals surface area contributed by atoms with Gasteiger partial charge in [0.1, 0.15) is 18.2 Å². The molecule has 1 rings (SSSR count). The van der Waals surface area contributed by atoms with Crippen LogP contribution in [0.3, 0.4) is 0 Å². The van der Waals surface area contributed by atoms with E-state index in [1.807, 2.05) is 0 Å². The molecule has 0 unspecified atom stereocenters. The van der Waals surface area contributed by atoms with Crippen LogP contribution in [0.4, 0.5) is 0 Å². The van der Waals surface area contributed by atoms with Crippen LogP contribution in [0.1, 0.15) is 6.92 Å². The summed E-state index contributed by atoms with van der Waals surface area (Å²) in [5, 5.41) is 2.94. The van der Waals surface area contributed by atoms with E-state index in [0.29, 0.717) is 6.61 Å². The molecule has 1 amide bonds. The van der Waals surface area contributed by atoms with Gasteiger partial charge in [0.15, 0.2) is 22.9 Å². The van der Waals surface area contributed by atoms with E-state index >= 15 is 0 Å². The van der Waals surface area contributed by atoms with Gasteiger partial charge in [-0.1, -0.05) is 0 Å². The van der Waals surface area contributed by atoms with E-state index in [9.17, 15) is 4.79 Å². The molecule has 0 aromatic heterocycles. The number of rotatable bonds is 8. The molecule has 0 aromatic rings. The van der Waals surface area contributed by atoms with Gasteiger partial charge in [0.05, 0.1) is 12.7 Å². The van der Waals surface area contributed by atoms with Crippen LogP contribution in [-0.2, 0) is 27.9 Å². The smallest absolute Gasteiger partial charge is 0.217 e. The molecule has 1 heterocycles. The van der Waals surface area contributed by atoms with E-state index in [1.165, 1.54) is 6.92 Å². The first-order valence-corrected chi connectivity index (χ1v) is 15.5. The number of ether oxygens (including phenoxy) is 3. The van der Waals surface area contributed by atoms with E-state index in [2.05, 4.69) is 44.6 Å². The number of carbonyl (C=O) groups is 1. The zero-order chi connectivity index (χ0) is 19.4. The van der Waals surface area contributed by atoms with Gasteiger partial charge >= 0.3 is 0 Å². The van der Waals surface area contributed by atoms with Crippen LogP contribution >= 0.6 is 0 Å². The third-order valence-corrected chi connectivity index (χ3v) is 5.52. The monoisotopic (exact) mass is 393 g/mol. The predicted octanol–water partition coefficient (Wildman–Crippen LogP) is 1.95. The first kappa shape index (κ1) is 22.7. The topological polar surface area (TPSA) is 75.2 Å². The highest BCUT2D eigenvalue weighted by atomic mass is 28.4. The second-order valence-electron chi connectivity index (χ2n) is 8.35. The number of hydrogen-bond acceptors (Lipinski definition) is 6. The maximum atomic E-state index is 11.8. The minimum absolute atomic E-state index is 0.156. The van der Waals surface area contributed by atoms with Crippen LogP contribution < -0.4 is 5.32 Å². The Bertz CT molecular complexity index is 437. The molecule has 0 aromatic carbocycles. The Morgan fingerprint density at radius 1 is 1.00 bits per heavy atom. The summed E-state index contributed by atoms with van der Waals surface area (Å²) in [6.07, 6.45) is -1.64. The minimum atomic E-state index is -1.92. The number of nitrogens with one attached hydrogen (secondary N) is 1. The predicted molar refractivity (Wildman–Crippen MR) is 102 cm³/mol. The van der Waals surface area contributed by atoms with E-state index in [1.54, 1.807) is 14.2 Å². The Morgan fingerprint density at radius 2 is 1.52 bits per heavy atom. The summed E-state index contributed by atoms with van der Waals surface area (Å²) in [6, 6.07) is -0.441. The van der Waals surface area contributed by atoms with Gasteiger partial charge < -0.3 is 28.4 Å². The molecule has 0 spiro atoms. The van der Waals surface area contributed by atoms with Crippen molar-refractivity contribution in [3.8, 4) is 0 Å². The fourth-order valence-corrected chi connectivity index (χ4v) is 5.09. The van der Waals surface area contributed by atoms with Gasteiger partial charge in [-0.3, -0.25) is 4.79 Å². The lowest BCUT2D eigenvalue weighted by molar-refractivity contribution is -0.257. The van der Waals surface area contributed by atoms with Crippen molar-refractivity contribution in [1.82, 2.24) is 5.32 Å². The Morgan fingerprint density at radius 3 is 1.92 bits per heavy atom. The molecule has 0 saturated carbocycles. The van der Waals surface area contributed by atoms with Gasteiger partial charge in [-0.15, -0.1) is 0 Å². The van der Waals surface area contributed by atoms with Crippen molar-refractivity contribution in [2.24, 2.45) is 0 Å². The lowest BCUT2D eigenvalue weighted by Crippen LogP contribution is -2.68. The highest BCUT2D eigenvalue weighted by molar-refractivity contribution is 6.70. The fraction of sp³-hybridized carbons (Fsp3) is 0.938. The number of methoxy groups -OCH3 is 2.